The second-order valence-electron chi connectivity index (χ2n) is 10.7. The Balaban J connectivity index is 1.27. The zero-order valence-corrected chi connectivity index (χ0v) is 22.9. The normalized spacial score (nSPS) is 11.3. The van der Waals surface area contributed by atoms with Crippen LogP contribution in [-0.2, 0) is 0 Å². The molecule has 0 fully saturated rings. The third kappa shape index (κ3) is 4.40. The van der Waals surface area contributed by atoms with Gasteiger partial charge in [0.1, 0.15) is 0 Å². The summed E-state index contributed by atoms with van der Waals surface area (Å²) in [4.78, 5) is 9.93. The highest BCUT2D eigenvalue weighted by molar-refractivity contribution is 5.95. The Morgan fingerprint density at radius 1 is 0.333 bits per heavy atom. The summed E-state index contributed by atoms with van der Waals surface area (Å²) in [5.74, 6) is 0. The molecule has 2 aromatic heterocycles. The predicted molar refractivity (Wildman–Crippen MR) is 176 cm³/mol. The van der Waals surface area contributed by atoms with Crippen LogP contribution in [0, 0.1) is 0 Å². The summed E-state index contributed by atoms with van der Waals surface area (Å²) in [6.07, 6.45) is 1.89. The van der Waals surface area contributed by atoms with Crippen molar-refractivity contribution in [1.29, 1.82) is 0 Å². The van der Waals surface area contributed by atoms with Crippen LogP contribution < -0.4 is 0 Å². The predicted octanol–water partition coefficient (Wildman–Crippen LogP) is 10.6. The van der Waals surface area contributed by atoms with Crippen molar-refractivity contribution in [2.45, 2.75) is 0 Å². The van der Waals surface area contributed by atoms with Gasteiger partial charge in [-0.1, -0.05) is 121 Å². The summed E-state index contributed by atoms with van der Waals surface area (Å²) in [5, 5.41) is 7.23. The van der Waals surface area contributed by atoms with Crippen LogP contribution in [0.3, 0.4) is 0 Å². The molecule has 0 saturated carbocycles. The average Bonchev–Trinajstić information content (AvgIpc) is 3.07. The lowest BCUT2D eigenvalue weighted by molar-refractivity contribution is 1.33. The van der Waals surface area contributed by atoms with Crippen LogP contribution in [0.1, 0.15) is 0 Å². The van der Waals surface area contributed by atoms with Crippen molar-refractivity contribution >= 4 is 32.3 Å². The monoisotopic (exact) mass is 534 g/mol. The number of rotatable bonds is 4. The lowest BCUT2D eigenvalue weighted by Gasteiger charge is -2.12. The average molecular weight is 535 g/mol. The molecule has 6 aromatic carbocycles. The molecule has 0 unspecified atom stereocenters. The standard InChI is InChI=1S/C40H26N2/c1-3-10-32-23-34(19-15-27(32)7-1)38-25-36(26-39(42-38)35-20-16-28-8-2-4-11-33(28)24-35)29-13-17-31(18-14-29)40-37-12-6-5-9-30(37)21-22-41-40/h1-26H. The first-order valence-corrected chi connectivity index (χ1v) is 14.2. The number of hydrogen-bond donors (Lipinski definition) is 0. The molecule has 2 heterocycles. The number of hydrogen-bond acceptors (Lipinski definition) is 2. The van der Waals surface area contributed by atoms with E-state index in [9.17, 15) is 0 Å². The van der Waals surface area contributed by atoms with Crippen LogP contribution in [0.5, 0.6) is 0 Å². The first-order chi connectivity index (χ1) is 20.8. The fraction of sp³-hybridized carbons (Fsp3) is 0. The van der Waals surface area contributed by atoms with Gasteiger partial charge in [-0.2, -0.15) is 0 Å². The van der Waals surface area contributed by atoms with E-state index in [1.54, 1.807) is 0 Å². The molecule has 0 bridgehead atoms. The molecule has 42 heavy (non-hydrogen) atoms. The minimum Gasteiger partial charge on any atom is -0.256 e. The van der Waals surface area contributed by atoms with Gasteiger partial charge in [-0.25, -0.2) is 4.98 Å². The minimum atomic E-state index is 0.959. The SMILES string of the molecule is c1ccc2cc(-c3cc(-c4ccc(-c5nccc6ccccc56)cc4)cc(-c4ccc5ccccc5c4)n3)ccc2c1. The molecule has 0 atom stereocenters. The molecule has 0 aliphatic heterocycles. The number of fused-ring (bicyclic) bond motifs is 3. The molecule has 8 aromatic rings. The van der Waals surface area contributed by atoms with Crippen LogP contribution in [0.25, 0.3) is 77.2 Å². The van der Waals surface area contributed by atoms with Gasteiger partial charge in [-0.05, 0) is 68.4 Å². The quantitative estimate of drug-likeness (QED) is 0.224. The van der Waals surface area contributed by atoms with E-state index < -0.39 is 0 Å². The Labute approximate surface area is 244 Å². The van der Waals surface area contributed by atoms with Gasteiger partial charge in [0.2, 0.25) is 0 Å². The van der Waals surface area contributed by atoms with Gasteiger partial charge in [0.15, 0.2) is 0 Å². The second-order valence-corrected chi connectivity index (χ2v) is 10.7. The molecule has 0 N–H and O–H groups in total. The fourth-order valence-electron chi connectivity index (χ4n) is 5.86. The summed E-state index contributed by atoms with van der Waals surface area (Å²) >= 11 is 0. The van der Waals surface area contributed by atoms with Gasteiger partial charge in [-0.3, -0.25) is 4.98 Å². The highest BCUT2D eigenvalue weighted by atomic mass is 14.7. The van der Waals surface area contributed by atoms with E-state index in [0.717, 1.165) is 50.3 Å². The van der Waals surface area contributed by atoms with E-state index in [1.807, 2.05) is 6.20 Å². The van der Waals surface area contributed by atoms with Crippen LogP contribution in [0.15, 0.2) is 158 Å². The molecule has 2 heteroatoms. The van der Waals surface area contributed by atoms with E-state index >= 15 is 0 Å². The van der Waals surface area contributed by atoms with Gasteiger partial charge >= 0.3 is 0 Å². The first kappa shape index (κ1) is 24.2. The first-order valence-electron chi connectivity index (χ1n) is 14.2. The van der Waals surface area contributed by atoms with Crippen molar-refractivity contribution in [3.63, 3.8) is 0 Å². The highest BCUT2D eigenvalue weighted by Gasteiger charge is 2.12. The molecular weight excluding hydrogens is 508 g/mol. The minimum absolute atomic E-state index is 0.959. The largest absolute Gasteiger partial charge is 0.256 e. The molecule has 0 radical (unpaired) electrons. The van der Waals surface area contributed by atoms with E-state index in [4.69, 9.17) is 9.97 Å². The third-order valence-corrected chi connectivity index (χ3v) is 8.08. The van der Waals surface area contributed by atoms with Gasteiger partial charge < -0.3 is 0 Å². The molecule has 0 aliphatic carbocycles. The molecular formula is C40H26N2. The Bertz CT molecular complexity index is 2140. The van der Waals surface area contributed by atoms with Crippen LogP contribution in [0.2, 0.25) is 0 Å². The second kappa shape index (κ2) is 10.1. The van der Waals surface area contributed by atoms with Crippen molar-refractivity contribution in [2.75, 3.05) is 0 Å². The number of benzene rings is 6. The Kier molecular flexibility index (Phi) is 5.82. The lowest BCUT2D eigenvalue weighted by atomic mass is 9.96. The zero-order valence-electron chi connectivity index (χ0n) is 22.9. The van der Waals surface area contributed by atoms with Crippen molar-refractivity contribution in [3.05, 3.63) is 158 Å². The lowest BCUT2D eigenvalue weighted by Crippen LogP contribution is -1.92. The maximum absolute atomic E-state index is 5.20. The Morgan fingerprint density at radius 3 is 1.45 bits per heavy atom. The molecule has 196 valence electrons. The summed E-state index contributed by atoms with van der Waals surface area (Å²) in [5.41, 5.74) is 8.52. The van der Waals surface area contributed by atoms with Gasteiger partial charge in [0.25, 0.3) is 0 Å². The van der Waals surface area contributed by atoms with Crippen molar-refractivity contribution in [1.82, 2.24) is 9.97 Å². The van der Waals surface area contributed by atoms with Crippen LogP contribution in [-0.4, -0.2) is 9.97 Å². The van der Waals surface area contributed by atoms with Crippen LogP contribution >= 0.6 is 0 Å². The van der Waals surface area contributed by atoms with Crippen molar-refractivity contribution in [2.24, 2.45) is 0 Å². The number of aromatic nitrogens is 2. The molecule has 0 amide bonds. The molecule has 2 nitrogen and oxygen atoms in total. The molecule has 0 aliphatic rings. The Hall–Kier alpha value is -5.60. The summed E-state index contributed by atoms with van der Waals surface area (Å²) in [6, 6.07) is 53.8. The number of nitrogens with zero attached hydrogens (tertiary/aromatic N) is 2. The summed E-state index contributed by atoms with van der Waals surface area (Å²) in [6.45, 7) is 0. The Morgan fingerprint density at radius 2 is 0.833 bits per heavy atom. The molecule has 8 rings (SSSR count). The zero-order chi connectivity index (χ0) is 27.9. The van der Waals surface area contributed by atoms with Gasteiger partial charge in [-0.15, -0.1) is 0 Å². The van der Waals surface area contributed by atoms with E-state index in [1.165, 1.54) is 26.9 Å². The number of pyridine rings is 2. The smallest absolute Gasteiger partial charge is 0.0780 e. The summed E-state index contributed by atoms with van der Waals surface area (Å²) in [7, 11) is 0. The van der Waals surface area contributed by atoms with Crippen molar-refractivity contribution in [3.8, 4) is 44.9 Å². The van der Waals surface area contributed by atoms with Crippen molar-refractivity contribution < 1.29 is 0 Å². The fourth-order valence-corrected chi connectivity index (χ4v) is 5.86. The maximum Gasteiger partial charge on any atom is 0.0780 e. The topological polar surface area (TPSA) is 25.8 Å². The maximum atomic E-state index is 5.20. The molecule has 0 saturated heterocycles. The van der Waals surface area contributed by atoms with Crippen LogP contribution in [0.4, 0.5) is 0 Å². The van der Waals surface area contributed by atoms with Gasteiger partial charge in [0, 0.05) is 28.3 Å². The van der Waals surface area contributed by atoms with Gasteiger partial charge in [0.05, 0.1) is 17.1 Å². The third-order valence-electron chi connectivity index (χ3n) is 8.08. The summed E-state index contributed by atoms with van der Waals surface area (Å²) < 4.78 is 0. The van der Waals surface area contributed by atoms with E-state index in [-0.39, 0.29) is 0 Å². The highest BCUT2D eigenvalue weighted by Crippen LogP contribution is 2.34. The molecule has 0 spiro atoms. The van der Waals surface area contributed by atoms with E-state index in [2.05, 4.69) is 152 Å². The van der Waals surface area contributed by atoms with E-state index in [0.29, 0.717) is 0 Å².